The average molecular weight is 231 g/mol. The van der Waals surface area contributed by atoms with E-state index in [1.165, 1.54) is 10.9 Å². The van der Waals surface area contributed by atoms with Gasteiger partial charge >= 0.3 is 0 Å². The summed E-state index contributed by atoms with van der Waals surface area (Å²) >= 11 is 0. The van der Waals surface area contributed by atoms with Crippen LogP contribution in [0.15, 0.2) is 30.3 Å². The van der Waals surface area contributed by atoms with Crippen LogP contribution in [0.5, 0.6) is 0 Å². The van der Waals surface area contributed by atoms with Crippen LogP contribution in [-0.4, -0.2) is 25.8 Å². The summed E-state index contributed by atoms with van der Waals surface area (Å²) in [6, 6.07) is 10.2. The van der Waals surface area contributed by atoms with Crippen molar-refractivity contribution in [2.45, 2.75) is 13.0 Å². The van der Waals surface area contributed by atoms with Crippen LogP contribution in [0, 0.1) is 6.92 Å². The molecule has 0 fully saturated rings. The fourth-order valence-corrected chi connectivity index (χ4v) is 1.97. The summed E-state index contributed by atoms with van der Waals surface area (Å²) in [6.07, 6.45) is -0.108. The summed E-state index contributed by atoms with van der Waals surface area (Å²) in [5.74, 6) is 0. The van der Waals surface area contributed by atoms with Crippen molar-refractivity contribution in [3.8, 4) is 0 Å². The molecule has 2 aromatic rings. The lowest BCUT2D eigenvalue weighted by Crippen LogP contribution is -2.10. The summed E-state index contributed by atoms with van der Waals surface area (Å²) in [4.78, 5) is 4.62. The SMILES string of the molecule is COCC(OC)c1cc(C)c2ccccc2n1. The topological polar surface area (TPSA) is 31.4 Å². The number of aryl methyl sites for hydroxylation is 1. The van der Waals surface area contributed by atoms with Crippen molar-refractivity contribution in [1.29, 1.82) is 0 Å². The molecule has 0 saturated heterocycles. The number of pyridine rings is 1. The smallest absolute Gasteiger partial charge is 0.122 e. The van der Waals surface area contributed by atoms with Crippen molar-refractivity contribution in [2.75, 3.05) is 20.8 Å². The highest BCUT2D eigenvalue weighted by Gasteiger charge is 2.13. The molecule has 1 aromatic heterocycles. The number of fused-ring (bicyclic) bond motifs is 1. The van der Waals surface area contributed by atoms with Crippen molar-refractivity contribution in [3.05, 3.63) is 41.6 Å². The number of benzene rings is 1. The summed E-state index contributed by atoms with van der Waals surface area (Å²) in [7, 11) is 3.34. The predicted octanol–water partition coefficient (Wildman–Crippen LogP) is 2.88. The van der Waals surface area contributed by atoms with Gasteiger partial charge < -0.3 is 9.47 Å². The average Bonchev–Trinajstić information content (AvgIpc) is 2.36. The Labute approximate surface area is 101 Å². The van der Waals surface area contributed by atoms with Gasteiger partial charge in [0.15, 0.2) is 0 Å². The van der Waals surface area contributed by atoms with Gasteiger partial charge in [-0.3, -0.25) is 0 Å². The minimum Gasteiger partial charge on any atom is -0.382 e. The van der Waals surface area contributed by atoms with Gasteiger partial charge in [-0.2, -0.15) is 0 Å². The quantitative estimate of drug-likeness (QED) is 0.810. The zero-order valence-electron chi connectivity index (χ0n) is 10.4. The number of hydrogen-bond acceptors (Lipinski definition) is 3. The van der Waals surface area contributed by atoms with E-state index in [1.807, 2.05) is 18.2 Å². The molecule has 0 amide bonds. The highest BCUT2D eigenvalue weighted by molar-refractivity contribution is 5.82. The molecule has 0 aliphatic carbocycles. The first-order valence-electron chi connectivity index (χ1n) is 5.64. The first-order chi connectivity index (χ1) is 8.26. The lowest BCUT2D eigenvalue weighted by molar-refractivity contribution is 0.0251. The number of nitrogens with zero attached hydrogens (tertiary/aromatic N) is 1. The third-order valence-electron chi connectivity index (χ3n) is 2.88. The van der Waals surface area contributed by atoms with Crippen LogP contribution in [-0.2, 0) is 9.47 Å². The third kappa shape index (κ3) is 2.46. The Morgan fingerprint density at radius 3 is 2.71 bits per heavy atom. The van der Waals surface area contributed by atoms with E-state index in [0.29, 0.717) is 6.61 Å². The molecular weight excluding hydrogens is 214 g/mol. The van der Waals surface area contributed by atoms with E-state index >= 15 is 0 Å². The monoisotopic (exact) mass is 231 g/mol. The van der Waals surface area contributed by atoms with E-state index in [4.69, 9.17) is 9.47 Å². The van der Waals surface area contributed by atoms with Crippen LogP contribution < -0.4 is 0 Å². The summed E-state index contributed by atoms with van der Waals surface area (Å²) in [6.45, 7) is 2.61. The molecule has 0 N–H and O–H groups in total. The normalized spacial score (nSPS) is 12.9. The summed E-state index contributed by atoms with van der Waals surface area (Å²) in [5.41, 5.74) is 3.13. The maximum Gasteiger partial charge on any atom is 0.122 e. The van der Waals surface area contributed by atoms with Gasteiger partial charge in [0.25, 0.3) is 0 Å². The molecule has 1 atom stereocenters. The highest BCUT2D eigenvalue weighted by atomic mass is 16.5. The fourth-order valence-electron chi connectivity index (χ4n) is 1.97. The molecule has 2 rings (SSSR count). The largest absolute Gasteiger partial charge is 0.382 e. The Kier molecular flexibility index (Phi) is 3.71. The van der Waals surface area contributed by atoms with Crippen LogP contribution in [0.2, 0.25) is 0 Å². The van der Waals surface area contributed by atoms with Gasteiger partial charge in [-0.25, -0.2) is 4.98 Å². The second-order valence-electron chi connectivity index (χ2n) is 4.06. The zero-order valence-corrected chi connectivity index (χ0v) is 10.4. The van der Waals surface area contributed by atoms with Gasteiger partial charge in [0.2, 0.25) is 0 Å². The third-order valence-corrected chi connectivity index (χ3v) is 2.88. The Balaban J connectivity index is 2.48. The first kappa shape index (κ1) is 12.0. The van der Waals surface area contributed by atoms with Crippen LogP contribution in [0.4, 0.5) is 0 Å². The van der Waals surface area contributed by atoms with E-state index in [2.05, 4.69) is 24.0 Å². The molecule has 0 spiro atoms. The summed E-state index contributed by atoms with van der Waals surface area (Å²) in [5, 5.41) is 1.18. The van der Waals surface area contributed by atoms with Crippen LogP contribution >= 0.6 is 0 Å². The van der Waals surface area contributed by atoms with E-state index in [9.17, 15) is 0 Å². The van der Waals surface area contributed by atoms with Crippen molar-refractivity contribution < 1.29 is 9.47 Å². The summed E-state index contributed by atoms with van der Waals surface area (Å²) < 4.78 is 10.5. The van der Waals surface area contributed by atoms with E-state index in [-0.39, 0.29) is 6.10 Å². The maximum atomic E-state index is 5.39. The molecule has 1 heterocycles. The van der Waals surface area contributed by atoms with Crippen molar-refractivity contribution in [2.24, 2.45) is 0 Å². The van der Waals surface area contributed by atoms with Crippen LogP contribution in [0.3, 0.4) is 0 Å². The molecule has 1 aromatic carbocycles. The number of para-hydroxylation sites is 1. The minimum absolute atomic E-state index is 0.108. The lowest BCUT2D eigenvalue weighted by Gasteiger charge is -2.15. The van der Waals surface area contributed by atoms with Gasteiger partial charge in [0.05, 0.1) is 17.8 Å². The molecule has 0 aliphatic heterocycles. The number of methoxy groups -OCH3 is 2. The Morgan fingerprint density at radius 2 is 2.00 bits per heavy atom. The Morgan fingerprint density at radius 1 is 1.24 bits per heavy atom. The number of aromatic nitrogens is 1. The molecule has 3 heteroatoms. The Hall–Kier alpha value is -1.45. The first-order valence-corrected chi connectivity index (χ1v) is 5.64. The number of hydrogen-bond donors (Lipinski definition) is 0. The van der Waals surface area contributed by atoms with Gasteiger partial charge in [0, 0.05) is 19.6 Å². The van der Waals surface area contributed by atoms with Gasteiger partial charge in [0.1, 0.15) is 6.10 Å². The molecule has 17 heavy (non-hydrogen) atoms. The Bertz CT molecular complexity index is 511. The molecule has 0 saturated carbocycles. The van der Waals surface area contributed by atoms with Crippen LogP contribution in [0.1, 0.15) is 17.4 Å². The maximum absolute atomic E-state index is 5.39. The standard InChI is InChI=1S/C14H17NO2/c1-10-8-13(14(17-3)9-16-2)15-12-7-5-4-6-11(10)12/h4-8,14H,9H2,1-3H3. The second-order valence-corrected chi connectivity index (χ2v) is 4.06. The molecular formula is C14H17NO2. The van der Waals surface area contributed by atoms with Crippen molar-refractivity contribution in [1.82, 2.24) is 4.98 Å². The lowest BCUT2D eigenvalue weighted by atomic mass is 10.1. The van der Waals surface area contributed by atoms with E-state index in [0.717, 1.165) is 11.2 Å². The van der Waals surface area contributed by atoms with Crippen LogP contribution in [0.25, 0.3) is 10.9 Å². The fraction of sp³-hybridized carbons (Fsp3) is 0.357. The van der Waals surface area contributed by atoms with Gasteiger partial charge in [-0.05, 0) is 24.6 Å². The molecule has 0 radical (unpaired) electrons. The predicted molar refractivity (Wildman–Crippen MR) is 68.1 cm³/mol. The molecule has 3 nitrogen and oxygen atoms in total. The van der Waals surface area contributed by atoms with Gasteiger partial charge in [-0.15, -0.1) is 0 Å². The molecule has 1 unspecified atom stereocenters. The zero-order chi connectivity index (χ0) is 12.3. The van der Waals surface area contributed by atoms with Gasteiger partial charge in [-0.1, -0.05) is 18.2 Å². The second kappa shape index (κ2) is 5.25. The molecule has 0 bridgehead atoms. The number of ether oxygens (including phenoxy) is 2. The highest BCUT2D eigenvalue weighted by Crippen LogP contribution is 2.22. The van der Waals surface area contributed by atoms with E-state index < -0.39 is 0 Å². The number of rotatable bonds is 4. The van der Waals surface area contributed by atoms with E-state index in [1.54, 1.807) is 14.2 Å². The molecule has 0 aliphatic rings. The molecule has 90 valence electrons. The minimum atomic E-state index is -0.108. The van der Waals surface area contributed by atoms with Crippen molar-refractivity contribution in [3.63, 3.8) is 0 Å². The van der Waals surface area contributed by atoms with Crippen molar-refractivity contribution >= 4 is 10.9 Å².